The molecule has 2 rings (SSSR count). The molecule has 6 heteroatoms. The highest BCUT2D eigenvalue weighted by molar-refractivity contribution is 8.00. The van der Waals surface area contributed by atoms with E-state index in [-0.39, 0.29) is 11.1 Å². The van der Waals surface area contributed by atoms with Crippen molar-refractivity contribution in [1.29, 1.82) is 0 Å². The van der Waals surface area contributed by atoms with E-state index in [9.17, 15) is 8.42 Å². The van der Waals surface area contributed by atoms with Crippen molar-refractivity contribution in [2.24, 2.45) is 0 Å². The van der Waals surface area contributed by atoms with Crippen LogP contribution in [0.1, 0.15) is 6.42 Å². The molecule has 4 nitrogen and oxygen atoms in total. The summed E-state index contributed by atoms with van der Waals surface area (Å²) < 4.78 is 29.8. The number of thioether (sulfide) groups is 1. The zero-order chi connectivity index (χ0) is 10.9. The van der Waals surface area contributed by atoms with Crippen LogP contribution in [-0.2, 0) is 10.1 Å². The van der Waals surface area contributed by atoms with Gasteiger partial charge in [-0.15, -0.1) is 0 Å². The van der Waals surface area contributed by atoms with Crippen molar-refractivity contribution >= 4 is 27.6 Å². The molecule has 15 heavy (non-hydrogen) atoms. The summed E-state index contributed by atoms with van der Waals surface area (Å²) in [5.74, 6) is -0.203. The molecule has 0 amide bonds. The molecule has 82 valence electrons. The summed E-state index contributed by atoms with van der Waals surface area (Å²) in [4.78, 5) is 1.12. The number of anilines is 1. The number of fused-ring (bicyclic) bond motifs is 1. The highest BCUT2D eigenvalue weighted by atomic mass is 32.2. The van der Waals surface area contributed by atoms with Gasteiger partial charge in [-0.25, -0.2) is 0 Å². The molecule has 2 N–H and O–H groups in total. The first-order valence-corrected chi connectivity index (χ1v) is 7.01. The van der Waals surface area contributed by atoms with Gasteiger partial charge in [-0.1, -0.05) is 23.9 Å². The van der Waals surface area contributed by atoms with E-state index in [1.54, 1.807) is 11.8 Å². The second-order valence-corrected chi connectivity index (χ2v) is 6.14. The molecule has 1 aliphatic rings. The van der Waals surface area contributed by atoms with Crippen LogP contribution < -0.4 is 5.32 Å². The largest absolute Gasteiger partial charge is 0.372 e. The SMILES string of the molecule is O=S(=O)(O)CCC1Nc2ccccc2S1. The van der Waals surface area contributed by atoms with Gasteiger partial charge in [0.05, 0.1) is 11.1 Å². The van der Waals surface area contributed by atoms with E-state index in [4.69, 9.17) is 4.55 Å². The molecule has 0 saturated heterocycles. The van der Waals surface area contributed by atoms with Crippen LogP contribution in [0.4, 0.5) is 5.69 Å². The number of rotatable bonds is 3. The predicted octanol–water partition coefficient (Wildman–Crippen LogP) is 1.81. The lowest BCUT2D eigenvalue weighted by atomic mass is 10.3. The van der Waals surface area contributed by atoms with Gasteiger partial charge in [0.2, 0.25) is 0 Å². The standard InChI is InChI=1S/C9H11NO3S2/c11-15(12,13)6-5-9-10-7-3-1-2-4-8(7)14-9/h1-4,9-10H,5-6H2,(H,11,12,13). The quantitative estimate of drug-likeness (QED) is 0.795. The molecule has 0 aliphatic carbocycles. The van der Waals surface area contributed by atoms with Gasteiger partial charge in [0.15, 0.2) is 0 Å². The van der Waals surface area contributed by atoms with Gasteiger partial charge in [-0.2, -0.15) is 8.42 Å². The van der Waals surface area contributed by atoms with Crippen molar-refractivity contribution < 1.29 is 13.0 Å². The number of benzene rings is 1. The summed E-state index contributed by atoms with van der Waals surface area (Å²) in [6.45, 7) is 0. The predicted molar refractivity (Wildman–Crippen MR) is 60.7 cm³/mol. The summed E-state index contributed by atoms with van der Waals surface area (Å²) in [6.07, 6.45) is 0.401. The molecule has 0 fully saturated rings. The Morgan fingerprint density at radius 1 is 1.40 bits per heavy atom. The monoisotopic (exact) mass is 245 g/mol. The molecule has 1 unspecified atom stereocenters. The van der Waals surface area contributed by atoms with Crippen molar-refractivity contribution in [3.63, 3.8) is 0 Å². The molecule has 0 saturated carbocycles. The summed E-state index contributed by atoms with van der Waals surface area (Å²) >= 11 is 1.59. The first-order chi connectivity index (χ1) is 7.04. The van der Waals surface area contributed by atoms with Crippen LogP contribution in [0.5, 0.6) is 0 Å². The van der Waals surface area contributed by atoms with Gasteiger partial charge >= 0.3 is 0 Å². The zero-order valence-electron chi connectivity index (χ0n) is 7.88. The maximum Gasteiger partial charge on any atom is 0.264 e. The maximum absolute atomic E-state index is 10.6. The van der Waals surface area contributed by atoms with Crippen LogP contribution in [0.3, 0.4) is 0 Å². The molecule has 0 bridgehead atoms. The Hall–Kier alpha value is -0.720. The van der Waals surface area contributed by atoms with E-state index in [1.165, 1.54) is 0 Å². The third-order valence-electron chi connectivity index (χ3n) is 2.11. The highest BCUT2D eigenvalue weighted by Gasteiger charge is 2.21. The van der Waals surface area contributed by atoms with Crippen LogP contribution in [0, 0.1) is 0 Å². The molecular weight excluding hydrogens is 234 g/mol. The zero-order valence-corrected chi connectivity index (χ0v) is 9.51. The van der Waals surface area contributed by atoms with E-state index in [2.05, 4.69) is 5.32 Å². The number of hydrogen-bond acceptors (Lipinski definition) is 4. The Kier molecular flexibility index (Phi) is 2.90. The van der Waals surface area contributed by atoms with Crippen LogP contribution in [-0.4, -0.2) is 24.1 Å². The Morgan fingerprint density at radius 3 is 2.80 bits per heavy atom. The average Bonchev–Trinajstić information content (AvgIpc) is 2.56. The van der Waals surface area contributed by atoms with Crippen LogP contribution >= 0.6 is 11.8 Å². The lowest BCUT2D eigenvalue weighted by Crippen LogP contribution is -2.16. The number of nitrogens with one attached hydrogen (secondary N) is 1. The minimum absolute atomic E-state index is 0.0318. The summed E-state index contributed by atoms with van der Waals surface area (Å²) in [5, 5.41) is 3.23. The van der Waals surface area contributed by atoms with E-state index in [1.807, 2.05) is 24.3 Å². The fourth-order valence-electron chi connectivity index (χ4n) is 1.43. The van der Waals surface area contributed by atoms with Crippen molar-refractivity contribution in [3.05, 3.63) is 24.3 Å². The Balaban J connectivity index is 1.96. The van der Waals surface area contributed by atoms with Gasteiger partial charge in [0, 0.05) is 10.6 Å². The lowest BCUT2D eigenvalue weighted by molar-refractivity contribution is 0.481. The summed E-state index contributed by atoms with van der Waals surface area (Å²) in [7, 11) is -3.85. The third-order valence-corrected chi connectivity index (χ3v) is 4.11. The Labute approximate surface area is 92.8 Å². The van der Waals surface area contributed by atoms with Gasteiger partial charge in [0.1, 0.15) is 0 Å². The first kappa shape index (κ1) is 10.8. The maximum atomic E-state index is 10.6. The Morgan fingerprint density at radius 2 is 2.13 bits per heavy atom. The smallest absolute Gasteiger partial charge is 0.264 e. The van der Waals surface area contributed by atoms with E-state index in [0.717, 1.165) is 10.6 Å². The highest BCUT2D eigenvalue weighted by Crippen LogP contribution is 2.39. The first-order valence-electron chi connectivity index (χ1n) is 4.52. The lowest BCUT2D eigenvalue weighted by Gasteiger charge is -2.08. The Bertz CT molecular complexity index is 433. The van der Waals surface area contributed by atoms with E-state index >= 15 is 0 Å². The minimum atomic E-state index is -3.85. The van der Waals surface area contributed by atoms with E-state index < -0.39 is 10.1 Å². The van der Waals surface area contributed by atoms with Crippen LogP contribution in [0.15, 0.2) is 29.2 Å². The fourth-order valence-corrected chi connectivity index (χ4v) is 3.25. The minimum Gasteiger partial charge on any atom is -0.372 e. The van der Waals surface area contributed by atoms with Crippen LogP contribution in [0.25, 0.3) is 0 Å². The molecular formula is C9H11NO3S2. The summed E-state index contributed by atoms with van der Waals surface area (Å²) in [5.41, 5.74) is 1.03. The van der Waals surface area contributed by atoms with Gasteiger partial charge in [-0.05, 0) is 18.6 Å². The average molecular weight is 245 g/mol. The third kappa shape index (κ3) is 2.87. The molecule has 1 aliphatic heterocycles. The van der Waals surface area contributed by atoms with Gasteiger partial charge in [0.25, 0.3) is 10.1 Å². The van der Waals surface area contributed by atoms with Crippen molar-refractivity contribution in [2.45, 2.75) is 16.7 Å². The van der Waals surface area contributed by atoms with E-state index in [0.29, 0.717) is 6.42 Å². The molecule has 0 aromatic heterocycles. The molecule has 1 aromatic carbocycles. The normalized spacial score (nSPS) is 19.7. The van der Waals surface area contributed by atoms with Gasteiger partial charge < -0.3 is 5.32 Å². The number of para-hydroxylation sites is 1. The molecule has 1 heterocycles. The second kappa shape index (κ2) is 4.03. The summed E-state index contributed by atoms with van der Waals surface area (Å²) in [6, 6.07) is 7.81. The van der Waals surface area contributed by atoms with Crippen molar-refractivity contribution in [3.8, 4) is 0 Å². The number of hydrogen-bond donors (Lipinski definition) is 2. The molecule has 0 spiro atoms. The van der Waals surface area contributed by atoms with Crippen LogP contribution in [0.2, 0.25) is 0 Å². The molecule has 0 radical (unpaired) electrons. The topological polar surface area (TPSA) is 66.4 Å². The molecule has 1 aromatic rings. The second-order valence-electron chi connectivity index (χ2n) is 3.32. The fraction of sp³-hybridized carbons (Fsp3) is 0.333. The molecule has 1 atom stereocenters. The van der Waals surface area contributed by atoms with Crippen molar-refractivity contribution in [1.82, 2.24) is 0 Å². The van der Waals surface area contributed by atoms with Crippen molar-refractivity contribution in [2.75, 3.05) is 11.1 Å². The van der Waals surface area contributed by atoms with Gasteiger partial charge in [-0.3, -0.25) is 4.55 Å².